The summed E-state index contributed by atoms with van der Waals surface area (Å²) in [6.07, 6.45) is 7.12. The molecule has 34 heavy (non-hydrogen) atoms. The molecular weight excluding hydrogens is 436 g/mol. The van der Waals surface area contributed by atoms with Gasteiger partial charge in [-0.1, -0.05) is 60.7 Å². The monoisotopic (exact) mass is 460 g/mol. The quantitative estimate of drug-likeness (QED) is 0.253. The van der Waals surface area contributed by atoms with E-state index in [1.165, 1.54) is 18.2 Å². The van der Waals surface area contributed by atoms with Gasteiger partial charge in [0.2, 0.25) is 0 Å². The lowest BCUT2D eigenvalue weighted by molar-refractivity contribution is -0.384. The van der Waals surface area contributed by atoms with Gasteiger partial charge in [-0.3, -0.25) is 10.1 Å². The fourth-order valence-electron chi connectivity index (χ4n) is 3.77. The summed E-state index contributed by atoms with van der Waals surface area (Å²) in [5.74, 6) is -2.96. The molecule has 8 nitrogen and oxygen atoms in total. The van der Waals surface area contributed by atoms with Crippen molar-refractivity contribution in [2.45, 2.75) is 19.8 Å². The molecule has 0 saturated carbocycles. The molecule has 174 valence electrons. The Morgan fingerprint density at radius 3 is 2.44 bits per heavy atom. The maximum Gasteiger partial charge on any atom is 0.337 e. The molecule has 3 rings (SSSR count). The van der Waals surface area contributed by atoms with Crippen LogP contribution in [0.3, 0.4) is 0 Å². The lowest BCUT2D eigenvalue weighted by atomic mass is 9.80. The summed E-state index contributed by atoms with van der Waals surface area (Å²) in [6, 6.07) is 15.3. The average Bonchev–Trinajstić information content (AvgIpc) is 2.81. The number of aliphatic carboxylic acids is 1. The molecule has 2 aromatic carbocycles. The van der Waals surface area contributed by atoms with Crippen LogP contribution < -0.4 is 5.32 Å². The highest BCUT2D eigenvalue weighted by Gasteiger charge is 2.37. The third kappa shape index (κ3) is 5.66. The summed E-state index contributed by atoms with van der Waals surface area (Å²) >= 11 is 0. The van der Waals surface area contributed by atoms with Gasteiger partial charge in [-0.05, 0) is 31.1 Å². The minimum Gasteiger partial charge on any atom is -0.478 e. The van der Waals surface area contributed by atoms with Crippen LogP contribution in [0, 0.1) is 10.1 Å². The van der Waals surface area contributed by atoms with E-state index < -0.39 is 22.8 Å². The Morgan fingerprint density at radius 1 is 1.06 bits per heavy atom. The predicted molar refractivity (Wildman–Crippen MR) is 128 cm³/mol. The maximum absolute atomic E-state index is 13.0. The van der Waals surface area contributed by atoms with Crippen LogP contribution in [-0.2, 0) is 14.3 Å². The lowest BCUT2D eigenvalue weighted by Crippen LogP contribution is -2.31. The first-order valence-electron chi connectivity index (χ1n) is 10.5. The van der Waals surface area contributed by atoms with Crippen molar-refractivity contribution in [3.05, 3.63) is 117 Å². The van der Waals surface area contributed by atoms with Crippen LogP contribution in [0.5, 0.6) is 0 Å². The molecule has 0 fully saturated rings. The number of hydrogen-bond acceptors (Lipinski definition) is 6. The Labute approximate surface area is 196 Å². The number of rotatable bonds is 8. The summed E-state index contributed by atoms with van der Waals surface area (Å²) in [5.41, 5.74) is 1.95. The van der Waals surface area contributed by atoms with Gasteiger partial charge in [-0.2, -0.15) is 0 Å². The van der Waals surface area contributed by atoms with Gasteiger partial charge >= 0.3 is 11.9 Å². The van der Waals surface area contributed by atoms with E-state index in [9.17, 15) is 24.8 Å². The topological polar surface area (TPSA) is 119 Å². The number of allylic oxidation sites excluding steroid dienone is 4. The number of dihydropyridines is 1. The molecule has 0 bridgehead atoms. The number of ether oxygens (including phenoxy) is 1. The number of hydrogen-bond donors (Lipinski definition) is 2. The van der Waals surface area contributed by atoms with Crippen molar-refractivity contribution in [2.24, 2.45) is 0 Å². The van der Waals surface area contributed by atoms with Gasteiger partial charge in [0.05, 0.1) is 22.0 Å². The molecule has 0 amide bonds. The number of esters is 1. The first-order chi connectivity index (χ1) is 16.3. The zero-order chi connectivity index (χ0) is 24.7. The van der Waals surface area contributed by atoms with Crippen LogP contribution in [0.4, 0.5) is 5.69 Å². The zero-order valence-electron chi connectivity index (χ0n) is 18.7. The van der Waals surface area contributed by atoms with Gasteiger partial charge in [-0.15, -0.1) is 0 Å². The smallest absolute Gasteiger partial charge is 0.337 e. The van der Waals surface area contributed by atoms with Gasteiger partial charge in [-0.25, -0.2) is 9.59 Å². The fraction of sp³-hybridized carbons (Fsp3) is 0.154. The lowest BCUT2D eigenvalue weighted by Gasteiger charge is -2.29. The molecule has 2 N–H and O–H groups in total. The number of carbonyl (C=O) groups is 2. The second-order valence-electron chi connectivity index (χ2n) is 7.59. The van der Waals surface area contributed by atoms with Crippen molar-refractivity contribution >= 4 is 23.7 Å². The number of nitrogens with one attached hydrogen (secondary N) is 1. The molecular formula is C26H24N2O6. The van der Waals surface area contributed by atoms with E-state index in [0.29, 0.717) is 17.0 Å². The molecule has 1 aliphatic heterocycles. The van der Waals surface area contributed by atoms with Crippen molar-refractivity contribution in [2.75, 3.05) is 6.61 Å². The summed E-state index contributed by atoms with van der Waals surface area (Å²) in [4.78, 5) is 35.8. The molecule has 1 atom stereocenters. The molecule has 0 spiro atoms. The van der Waals surface area contributed by atoms with Crippen LogP contribution in [0.1, 0.15) is 30.9 Å². The van der Waals surface area contributed by atoms with Crippen LogP contribution in [-0.4, -0.2) is 28.6 Å². The second kappa shape index (κ2) is 10.9. The molecule has 2 aromatic rings. The highest BCUT2D eigenvalue weighted by molar-refractivity contribution is 5.99. The predicted octanol–water partition coefficient (Wildman–Crippen LogP) is 4.73. The van der Waals surface area contributed by atoms with E-state index in [2.05, 4.69) is 5.32 Å². The standard InChI is InChI=1S/C26H24N2O6/c1-17-22(25(29)30)24(20-13-9-14-21(16-20)28(32)33)23(18(2)27-17)26(31)34-15-8-4-7-12-19-10-5-3-6-11-19/h3-14,16,24,27H,15H2,1-2H3,(H,29,30)/b8-4+,12-7-. The van der Waals surface area contributed by atoms with Gasteiger partial charge in [0.1, 0.15) is 6.61 Å². The summed E-state index contributed by atoms with van der Waals surface area (Å²) in [6.45, 7) is 3.20. The number of carboxylic acid groups (broad SMARTS) is 1. The van der Waals surface area contributed by atoms with Crippen molar-refractivity contribution in [3.63, 3.8) is 0 Å². The van der Waals surface area contributed by atoms with Gasteiger partial charge in [0.25, 0.3) is 5.69 Å². The molecule has 0 radical (unpaired) electrons. The molecule has 1 unspecified atom stereocenters. The minimum absolute atomic E-state index is 0.0263. The maximum atomic E-state index is 13.0. The number of non-ortho nitro benzene ring substituents is 1. The van der Waals surface area contributed by atoms with Gasteiger partial charge in [0, 0.05) is 23.5 Å². The largest absolute Gasteiger partial charge is 0.478 e. The number of benzene rings is 2. The highest BCUT2D eigenvalue weighted by Crippen LogP contribution is 2.39. The van der Waals surface area contributed by atoms with Crippen molar-refractivity contribution in [3.8, 4) is 0 Å². The van der Waals surface area contributed by atoms with E-state index in [4.69, 9.17) is 4.74 Å². The molecule has 0 saturated heterocycles. The van der Waals surface area contributed by atoms with E-state index in [1.54, 1.807) is 32.1 Å². The van der Waals surface area contributed by atoms with Crippen molar-refractivity contribution in [1.29, 1.82) is 0 Å². The molecule has 8 heteroatoms. The highest BCUT2D eigenvalue weighted by atomic mass is 16.6. The van der Waals surface area contributed by atoms with Crippen LogP contribution in [0.15, 0.2) is 95.4 Å². The fourth-order valence-corrected chi connectivity index (χ4v) is 3.77. The van der Waals surface area contributed by atoms with E-state index in [-0.39, 0.29) is 23.4 Å². The third-order valence-electron chi connectivity index (χ3n) is 5.27. The molecule has 1 aliphatic rings. The Hall–Kier alpha value is -4.46. The number of nitro groups is 1. The molecule has 0 aromatic heterocycles. The van der Waals surface area contributed by atoms with Crippen LogP contribution in [0.2, 0.25) is 0 Å². The normalized spacial score (nSPS) is 16.1. The average molecular weight is 460 g/mol. The van der Waals surface area contributed by atoms with Crippen LogP contribution >= 0.6 is 0 Å². The summed E-state index contributed by atoms with van der Waals surface area (Å²) in [7, 11) is 0. The number of nitro benzene ring substituents is 1. The Bertz CT molecular complexity index is 1220. The molecule has 1 heterocycles. The first kappa shape index (κ1) is 24.2. The summed E-state index contributed by atoms with van der Waals surface area (Å²) in [5, 5.41) is 24.0. The van der Waals surface area contributed by atoms with Crippen molar-refractivity contribution < 1.29 is 24.4 Å². The zero-order valence-corrected chi connectivity index (χ0v) is 18.7. The van der Waals surface area contributed by atoms with Gasteiger partial charge in [0.15, 0.2) is 0 Å². The number of carbonyl (C=O) groups excluding carboxylic acids is 1. The number of carboxylic acids is 1. The van der Waals surface area contributed by atoms with E-state index in [1.807, 2.05) is 42.5 Å². The SMILES string of the molecule is CC1=C(C(=O)O)C(c2cccc([N+](=O)[O-])c2)C(C(=O)OC/C=C/C=C\c2ccccc2)=C(C)N1. The summed E-state index contributed by atoms with van der Waals surface area (Å²) < 4.78 is 5.39. The minimum atomic E-state index is -1.23. The molecule has 0 aliphatic carbocycles. The van der Waals surface area contributed by atoms with Crippen LogP contribution in [0.25, 0.3) is 6.08 Å². The van der Waals surface area contributed by atoms with E-state index >= 15 is 0 Å². The van der Waals surface area contributed by atoms with Crippen molar-refractivity contribution in [1.82, 2.24) is 5.32 Å². The van der Waals surface area contributed by atoms with Gasteiger partial charge < -0.3 is 15.2 Å². The Kier molecular flexibility index (Phi) is 7.76. The Balaban J connectivity index is 1.83. The second-order valence-corrected chi connectivity index (χ2v) is 7.59. The number of nitrogens with zero attached hydrogens (tertiary/aromatic N) is 1. The van der Waals surface area contributed by atoms with E-state index in [0.717, 1.165) is 5.56 Å². The Morgan fingerprint density at radius 2 is 1.76 bits per heavy atom. The third-order valence-corrected chi connectivity index (χ3v) is 5.27. The first-order valence-corrected chi connectivity index (χ1v) is 10.5.